The molecule has 0 spiro atoms. The van der Waals surface area contributed by atoms with E-state index in [1.54, 1.807) is 0 Å². The van der Waals surface area contributed by atoms with E-state index in [9.17, 15) is 0 Å². The molecule has 45 heavy (non-hydrogen) atoms. The predicted molar refractivity (Wildman–Crippen MR) is 191 cm³/mol. The smallest absolute Gasteiger partial charge is 0.136 e. The summed E-state index contributed by atoms with van der Waals surface area (Å²) in [5.41, 5.74) is 11.8. The van der Waals surface area contributed by atoms with Crippen molar-refractivity contribution in [1.29, 1.82) is 0 Å². The number of furan rings is 1. The summed E-state index contributed by atoms with van der Waals surface area (Å²) in [6.07, 6.45) is 4.62. The van der Waals surface area contributed by atoms with E-state index in [1.807, 2.05) is 17.4 Å². The lowest BCUT2D eigenvalue weighted by molar-refractivity contribution is 0.669. The van der Waals surface area contributed by atoms with E-state index in [2.05, 4.69) is 138 Å². The summed E-state index contributed by atoms with van der Waals surface area (Å²) in [5.74, 6) is 0. The average Bonchev–Trinajstić information content (AvgIpc) is 3.76. The van der Waals surface area contributed by atoms with Crippen LogP contribution in [0.1, 0.15) is 22.4 Å². The van der Waals surface area contributed by atoms with Gasteiger partial charge in [0, 0.05) is 47.8 Å². The first-order chi connectivity index (χ1) is 22.3. The van der Waals surface area contributed by atoms with Gasteiger partial charge in [0.25, 0.3) is 0 Å². The number of hydrogen-bond acceptors (Lipinski definition) is 2. The second-order valence-corrected chi connectivity index (χ2v) is 13.1. The van der Waals surface area contributed by atoms with Crippen molar-refractivity contribution in [1.82, 2.24) is 4.57 Å². The molecule has 6 aromatic carbocycles. The maximum Gasteiger partial charge on any atom is 0.136 e. The Balaban J connectivity index is 1.29. The normalized spacial score (nSPS) is 13.3. The summed E-state index contributed by atoms with van der Waals surface area (Å²) < 4.78 is 10.2. The zero-order valence-electron chi connectivity index (χ0n) is 24.5. The van der Waals surface area contributed by atoms with Gasteiger partial charge in [-0.25, -0.2) is 0 Å². The summed E-state index contributed by atoms with van der Waals surface area (Å²) in [6, 6.07) is 48.5. The van der Waals surface area contributed by atoms with Gasteiger partial charge < -0.3 is 8.98 Å². The molecule has 0 unspecified atom stereocenters. The molecule has 0 amide bonds. The minimum Gasteiger partial charge on any atom is -0.456 e. The summed E-state index contributed by atoms with van der Waals surface area (Å²) in [5, 5.41) is 6.08. The van der Waals surface area contributed by atoms with Crippen molar-refractivity contribution < 1.29 is 4.42 Å². The summed E-state index contributed by atoms with van der Waals surface area (Å²) in [7, 11) is 0. The largest absolute Gasteiger partial charge is 0.456 e. The van der Waals surface area contributed by atoms with Gasteiger partial charge in [0.1, 0.15) is 11.2 Å². The van der Waals surface area contributed by atoms with Crippen LogP contribution < -0.4 is 0 Å². The Morgan fingerprint density at radius 2 is 1.29 bits per heavy atom. The zero-order valence-corrected chi connectivity index (χ0v) is 25.3. The molecule has 212 valence electrons. The van der Waals surface area contributed by atoms with Crippen LogP contribution in [0.15, 0.2) is 144 Å². The van der Waals surface area contributed by atoms with Crippen molar-refractivity contribution in [3.05, 3.63) is 156 Å². The third kappa shape index (κ3) is 3.74. The van der Waals surface area contributed by atoms with E-state index in [1.165, 1.54) is 64.6 Å². The van der Waals surface area contributed by atoms with Crippen molar-refractivity contribution in [2.75, 3.05) is 0 Å². The van der Waals surface area contributed by atoms with Gasteiger partial charge in [-0.05, 0) is 83.6 Å². The molecule has 1 aliphatic rings. The van der Waals surface area contributed by atoms with Gasteiger partial charge >= 0.3 is 0 Å². The van der Waals surface area contributed by atoms with Gasteiger partial charge in [0.2, 0.25) is 0 Å². The van der Waals surface area contributed by atoms with Crippen LogP contribution in [0.2, 0.25) is 0 Å². The fourth-order valence-corrected chi connectivity index (χ4v) is 8.67. The molecule has 2 nitrogen and oxygen atoms in total. The SMILES string of the molecule is C1=C(c2cc(-c3ccccc3)cc(-n3c4ccccc4c4cc5oc6ccccc6c5cc43)c2)c2c(sc3ccccc23)CC1. The van der Waals surface area contributed by atoms with Crippen LogP contribution in [0.25, 0.3) is 76.2 Å². The van der Waals surface area contributed by atoms with Crippen molar-refractivity contribution in [2.24, 2.45) is 0 Å². The second-order valence-electron chi connectivity index (χ2n) is 12.0. The Morgan fingerprint density at radius 3 is 2.20 bits per heavy atom. The number of para-hydroxylation sites is 2. The van der Waals surface area contributed by atoms with E-state index in [0.29, 0.717) is 0 Å². The third-order valence-corrected chi connectivity index (χ3v) is 10.7. The number of fused-ring (bicyclic) bond motifs is 9. The molecule has 9 aromatic rings. The van der Waals surface area contributed by atoms with Gasteiger partial charge in [0.15, 0.2) is 0 Å². The van der Waals surface area contributed by atoms with Crippen molar-refractivity contribution in [3.8, 4) is 16.8 Å². The Labute approximate surface area is 264 Å². The molecule has 0 atom stereocenters. The molecule has 0 saturated carbocycles. The fraction of sp³-hybridized carbons (Fsp3) is 0.0476. The molecule has 1 aliphatic carbocycles. The zero-order chi connectivity index (χ0) is 29.5. The molecule has 0 aliphatic heterocycles. The number of hydrogen-bond donors (Lipinski definition) is 0. The summed E-state index contributed by atoms with van der Waals surface area (Å²) >= 11 is 1.95. The molecule has 0 N–H and O–H groups in total. The Kier molecular flexibility index (Phi) is 5.31. The third-order valence-electron chi connectivity index (χ3n) is 9.42. The highest BCUT2D eigenvalue weighted by molar-refractivity contribution is 7.19. The van der Waals surface area contributed by atoms with Gasteiger partial charge in [0.05, 0.1) is 11.0 Å². The van der Waals surface area contributed by atoms with Crippen LogP contribution in [0.3, 0.4) is 0 Å². The topological polar surface area (TPSA) is 18.1 Å². The summed E-state index contributed by atoms with van der Waals surface area (Å²) in [4.78, 5) is 1.49. The van der Waals surface area contributed by atoms with Crippen LogP contribution in [0.4, 0.5) is 0 Å². The minimum absolute atomic E-state index is 0.924. The fourth-order valence-electron chi connectivity index (χ4n) is 7.44. The Bertz CT molecular complexity index is 2650. The molecule has 3 heteroatoms. The Morgan fingerprint density at radius 1 is 0.533 bits per heavy atom. The number of benzene rings is 6. The maximum absolute atomic E-state index is 6.34. The molecule has 10 rings (SSSR count). The number of nitrogens with zero attached hydrogens (tertiary/aromatic N) is 1. The molecular weight excluding hydrogens is 567 g/mol. The van der Waals surface area contributed by atoms with E-state index in [0.717, 1.165) is 40.5 Å². The van der Waals surface area contributed by atoms with Crippen molar-refractivity contribution in [2.45, 2.75) is 12.8 Å². The van der Waals surface area contributed by atoms with Gasteiger partial charge in [-0.2, -0.15) is 0 Å². The number of aryl methyl sites for hydroxylation is 1. The highest BCUT2D eigenvalue weighted by atomic mass is 32.1. The molecule has 3 aromatic heterocycles. The van der Waals surface area contributed by atoms with Crippen molar-refractivity contribution in [3.63, 3.8) is 0 Å². The van der Waals surface area contributed by atoms with Gasteiger partial charge in [-0.3, -0.25) is 0 Å². The molecule has 0 bridgehead atoms. The highest BCUT2D eigenvalue weighted by Crippen LogP contribution is 2.44. The van der Waals surface area contributed by atoms with E-state index in [4.69, 9.17) is 4.42 Å². The van der Waals surface area contributed by atoms with Crippen LogP contribution in [-0.4, -0.2) is 4.57 Å². The van der Waals surface area contributed by atoms with Gasteiger partial charge in [-0.1, -0.05) is 91.0 Å². The van der Waals surface area contributed by atoms with E-state index < -0.39 is 0 Å². The average molecular weight is 594 g/mol. The van der Waals surface area contributed by atoms with E-state index >= 15 is 0 Å². The molecule has 3 heterocycles. The lowest BCUT2D eigenvalue weighted by atomic mass is 9.88. The number of aromatic nitrogens is 1. The highest BCUT2D eigenvalue weighted by Gasteiger charge is 2.22. The lowest BCUT2D eigenvalue weighted by Crippen LogP contribution is -2.01. The summed E-state index contributed by atoms with van der Waals surface area (Å²) in [6.45, 7) is 0. The number of rotatable bonds is 3. The quantitative estimate of drug-likeness (QED) is 0.199. The molecule has 0 radical (unpaired) electrons. The van der Waals surface area contributed by atoms with Crippen molar-refractivity contribution >= 4 is 70.7 Å². The van der Waals surface area contributed by atoms with Crippen LogP contribution in [0, 0.1) is 0 Å². The standard InChI is InChI=1S/C42H27NOS/c1-2-11-26(12-3-1)27-21-28(30-16-10-20-41-42(30)33-15-6-9-19-40(33)45-41)23-29(22-27)43-36-17-7-4-13-31(36)34-25-39-35(24-37(34)43)32-14-5-8-18-38(32)44-39/h1-9,11-19,21-25H,10,20H2. The molecule has 0 saturated heterocycles. The maximum atomic E-state index is 6.34. The second kappa shape index (κ2) is 9.56. The number of allylic oxidation sites excluding steroid dienone is 1. The van der Waals surface area contributed by atoms with E-state index in [-0.39, 0.29) is 0 Å². The monoisotopic (exact) mass is 593 g/mol. The van der Waals surface area contributed by atoms with Crippen LogP contribution in [0.5, 0.6) is 0 Å². The molecule has 0 fully saturated rings. The first-order valence-corrected chi connectivity index (χ1v) is 16.4. The van der Waals surface area contributed by atoms with Crippen LogP contribution >= 0.6 is 11.3 Å². The first-order valence-electron chi connectivity index (χ1n) is 15.6. The Hall–Kier alpha value is -5.38. The first kappa shape index (κ1) is 25.0. The van der Waals surface area contributed by atoms with Gasteiger partial charge in [-0.15, -0.1) is 11.3 Å². The minimum atomic E-state index is 0.924. The number of thiophene rings is 1. The predicted octanol–water partition coefficient (Wildman–Crippen LogP) is 11.9. The van der Waals surface area contributed by atoms with Crippen LogP contribution in [-0.2, 0) is 6.42 Å². The molecular formula is C42H27NOS. The lowest BCUT2D eigenvalue weighted by Gasteiger charge is -2.19.